The zero-order chi connectivity index (χ0) is 16.2. The van der Waals surface area contributed by atoms with Gasteiger partial charge in [-0.05, 0) is 42.9 Å². The van der Waals surface area contributed by atoms with E-state index in [1.807, 2.05) is 18.2 Å². The number of hydrogen-bond acceptors (Lipinski definition) is 4. The average Bonchev–Trinajstić information content (AvgIpc) is 3.03. The summed E-state index contributed by atoms with van der Waals surface area (Å²) < 4.78 is 5.16. The van der Waals surface area contributed by atoms with Crippen LogP contribution in [0.15, 0.2) is 24.3 Å². The first-order valence-corrected chi connectivity index (χ1v) is 8.53. The number of aliphatic hydroxyl groups excluding tert-OH is 1. The van der Waals surface area contributed by atoms with Gasteiger partial charge in [-0.15, -0.1) is 12.4 Å². The van der Waals surface area contributed by atoms with E-state index < -0.39 is 6.10 Å². The lowest BCUT2D eigenvalue weighted by Gasteiger charge is -2.24. The first-order chi connectivity index (χ1) is 11.2. The van der Waals surface area contributed by atoms with Gasteiger partial charge in [0.05, 0.1) is 19.3 Å². The topological polar surface area (TPSA) is 70.6 Å². The minimum Gasteiger partial charge on any atom is -0.497 e. The number of carbonyl (C=O) groups excluding carboxylic acids is 1. The van der Waals surface area contributed by atoms with Crippen molar-refractivity contribution in [1.29, 1.82) is 0 Å². The first kappa shape index (κ1) is 19.0. The monoisotopic (exact) mass is 354 g/mol. The van der Waals surface area contributed by atoms with E-state index in [2.05, 4.69) is 10.6 Å². The predicted molar refractivity (Wildman–Crippen MR) is 95.5 cm³/mol. The number of hydrogen-bond donors (Lipinski definition) is 3. The second-order valence-corrected chi connectivity index (χ2v) is 6.64. The van der Waals surface area contributed by atoms with Crippen molar-refractivity contribution in [3.8, 4) is 5.75 Å². The summed E-state index contributed by atoms with van der Waals surface area (Å²) in [6.07, 6.45) is 5.15. The Morgan fingerprint density at radius 1 is 1.42 bits per heavy atom. The Kier molecular flexibility index (Phi) is 6.90. The lowest BCUT2D eigenvalue weighted by molar-refractivity contribution is -0.123. The molecule has 2 aliphatic rings. The number of fused-ring (bicyclic) bond motifs is 1. The van der Waals surface area contributed by atoms with Crippen LogP contribution in [0.1, 0.15) is 43.8 Å². The van der Waals surface area contributed by atoms with Crippen molar-refractivity contribution < 1.29 is 14.6 Å². The largest absolute Gasteiger partial charge is 0.497 e. The number of nitrogens with one attached hydrogen (secondary N) is 2. The molecule has 0 bridgehead atoms. The van der Waals surface area contributed by atoms with Crippen LogP contribution in [0, 0.1) is 5.92 Å². The molecule has 1 heterocycles. The van der Waals surface area contributed by atoms with Crippen LogP contribution in [0.25, 0.3) is 0 Å². The number of halogens is 1. The molecule has 1 aliphatic carbocycles. The van der Waals surface area contributed by atoms with Gasteiger partial charge in [0.25, 0.3) is 0 Å². The van der Waals surface area contributed by atoms with Gasteiger partial charge in [-0.25, -0.2) is 0 Å². The quantitative estimate of drug-likeness (QED) is 0.758. The normalized spacial score (nSPS) is 26.8. The second kappa shape index (κ2) is 8.70. The van der Waals surface area contributed by atoms with E-state index in [1.54, 1.807) is 13.2 Å². The minimum absolute atomic E-state index is 0. The lowest BCUT2D eigenvalue weighted by atomic mass is 9.85. The second-order valence-electron chi connectivity index (χ2n) is 6.64. The Morgan fingerprint density at radius 2 is 2.21 bits per heavy atom. The standard InChI is InChI=1S/C18H26N2O3.ClH/c1-23-14-7-4-6-13(9-14)17(21)11-19-18(22)16-10-12-5-2-3-8-15(12)20-16;/h4,6-7,9,12,15-17,20-21H,2-3,5,8,10-11H2,1H3,(H,19,22);1H. The molecule has 0 spiro atoms. The Labute approximate surface area is 149 Å². The van der Waals surface area contributed by atoms with Crippen LogP contribution in [-0.4, -0.2) is 36.8 Å². The SMILES string of the molecule is COc1cccc(C(O)CNC(=O)C2CC3CCCCC3N2)c1.Cl. The van der Waals surface area contributed by atoms with Crippen LogP contribution in [0.2, 0.25) is 0 Å². The first-order valence-electron chi connectivity index (χ1n) is 8.53. The summed E-state index contributed by atoms with van der Waals surface area (Å²) in [6, 6.07) is 7.69. The maximum absolute atomic E-state index is 12.3. The number of amides is 1. The van der Waals surface area contributed by atoms with Crippen molar-refractivity contribution in [3.05, 3.63) is 29.8 Å². The molecule has 1 amide bonds. The summed E-state index contributed by atoms with van der Waals surface area (Å²) in [6.45, 7) is 0.222. The summed E-state index contributed by atoms with van der Waals surface area (Å²) >= 11 is 0. The van der Waals surface area contributed by atoms with Crippen molar-refractivity contribution in [2.75, 3.05) is 13.7 Å². The summed E-state index contributed by atoms with van der Waals surface area (Å²) in [5, 5.41) is 16.6. The third-order valence-electron chi connectivity index (χ3n) is 5.13. The molecule has 6 heteroatoms. The number of aliphatic hydroxyl groups is 1. The fourth-order valence-corrected chi connectivity index (χ4v) is 3.81. The molecule has 0 radical (unpaired) electrons. The Bertz CT molecular complexity index is 541. The van der Waals surface area contributed by atoms with Gasteiger partial charge in [0.2, 0.25) is 5.91 Å². The van der Waals surface area contributed by atoms with Crippen molar-refractivity contribution in [3.63, 3.8) is 0 Å². The molecule has 1 aliphatic heterocycles. The van der Waals surface area contributed by atoms with E-state index in [-0.39, 0.29) is 30.9 Å². The van der Waals surface area contributed by atoms with Gasteiger partial charge >= 0.3 is 0 Å². The van der Waals surface area contributed by atoms with E-state index >= 15 is 0 Å². The molecular formula is C18H27ClN2O3. The molecule has 4 unspecified atom stereocenters. The Morgan fingerprint density at radius 3 is 2.96 bits per heavy atom. The van der Waals surface area contributed by atoms with E-state index in [0.717, 1.165) is 12.0 Å². The molecule has 0 aromatic heterocycles. The maximum Gasteiger partial charge on any atom is 0.237 e. The van der Waals surface area contributed by atoms with Crippen LogP contribution in [0.4, 0.5) is 0 Å². The maximum atomic E-state index is 12.3. The molecule has 2 fully saturated rings. The number of rotatable bonds is 5. The number of carbonyl (C=O) groups is 1. The van der Waals surface area contributed by atoms with E-state index in [4.69, 9.17) is 4.74 Å². The molecule has 5 nitrogen and oxygen atoms in total. The smallest absolute Gasteiger partial charge is 0.237 e. The highest BCUT2D eigenvalue weighted by Gasteiger charge is 2.38. The molecule has 3 N–H and O–H groups in total. The molecular weight excluding hydrogens is 328 g/mol. The van der Waals surface area contributed by atoms with Crippen LogP contribution >= 0.6 is 12.4 Å². The van der Waals surface area contributed by atoms with Crippen LogP contribution in [0.3, 0.4) is 0 Å². The fourth-order valence-electron chi connectivity index (χ4n) is 3.81. The zero-order valence-electron chi connectivity index (χ0n) is 14.0. The Hall–Kier alpha value is -1.30. The van der Waals surface area contributed by atoms with Gasteiger partial charge < -0.3 is 20.5 Å². The van der Waals surface area contributed by atoms with Gasteiger partial charge in [0, 0.05) is 12.6 Å². The highest BCUT2D eigenvalue weighted by Crippen LogP contribution is 2.33. The van der Waals surface area contributed by atoms with Gasteiger partial charge in [-0.3, -0.25) is 4.79 Å². The van der Waals surface area contributed by atoms with Gasteiger partial charge in [-0.1, -0.05) is 25.0 Å². The van der Waals surface area contributed by atoms with Gasteiger partial charge in [0.1, 0.15) is 5.75 Å². The molecule has 1 aromatic carbocycles. The molecule has 1 saturated heterocycles. The Balaban J connectivity index is 0.00000208. The molecule has 4 atom stereocenters. The highest BCUT2D eigenvalue weighted by molar-refractivity contribution is 5.85. The summed E-state index contributed by atoms with van der Waals surface area (Å²) in [5.74, 6) is 1.35. The highest BCUT2D eigenvalue weighted by atomic mass is 35.5. The third-order valence-corrected chi connectivity index (χ3v) is 5.13. The summed E-state index contributed by atoms with van der Waals surface area (Å²) in [7, 11) is 1.60. The van der Waals surface area contributed by atoms with Crippen molar-refractivity contribution in [2.45, 2.75) is 50.3 Å². The number of methoxy groups -OCH3 is 1. The number of ether oxygens (including phenoxy) is 1. The van der Waals surface area contributed by atoms with E-state index in [9.17, 15) is 9.90 Å². The summed E-state index contributed by atoms with van der Waals surface area (Å²) in [4.78, 5) is 12.3. The van der Waals surface area contributed by atoms with Crippen LogP contribution in [0.5, 0.6) is 5.75 Å². The van der Waals surface area contributed by atoms with Crippen molar-refractivity contribution >= 4 is 18.3 Å². The minimum atomic E-state index is -0.724. The van der Waals surface area contributed by atoms with E-state index in [1.165, 1.54) is 25.7 Å². The predicted octanol–water partition coefficient (Wildman–Crippen LogP) is 2.19. The average molecular weight is 355 g/mol. The molecule has 1 aromatic rings. The van der Waals surface area contributed by atoms with Crippen LogP contribution < -0.4 is 15.4 Å². The molecule has 134 valence electrons. The fraction of sp³-hybridized carbons (Fsp3) is 0.611. The lowest BCUT2D eigenvalue weighted by Crippen LogP contribution is -2.44. The molecule has 1 saturated carbocycles. The van der Waals surface area contributed by atoms with E-state index in [0.29, 0.717) is 17.7 Å². The van der Waals surface area contributed by atoms with Crippen LogP contribution in [-0.2, 0) is 4.79 Å². The van der Waals surface area contributed by atoms with Gasteiger partial charge in [-0.2, -0.15) is 0 Å². The van der Waals surface area contributed by atoms with Gasteiger partial charge in [0.15, 0.2) is 0 Å². The zero-order valence-corrected chi connectivity index (χ0v) is 14.8. The number of benzene rings is 1. The molecule has 24 heavy (non-hydrogen) atoms. The van der Waals surface area contributed by atoms with Crippen molar-refractivity contribution in [2.24, 2.45) is 5.92 Å². The summed E-state index contributed by atoms with van der Waals surface area (Å²) in [5.41, 5.74) is 0.748. The molecule has 3 rings (SSSR count). The third kappa shape index (κ3) is 4.41. The van der Waals surface area contributed by atoms with Crippen molar-refractivity contribution in [1.82, 2.24) is 10.6 Å².